The maximum Gasteiger partial charge on any atom is 0.248 e. The number of alkyl halides is 2. The first kappa shape index (κ1) is 13.7. The molecule has 0 saturated heterocycles. The Labute approximate surface area is 118 Å². The van der Waals surface area contributed by atoms with E-state index in [1.165, 1.54) is 8.45 Å². The van der Waals surface area contributed by atoms with Gasteiger partial charge >= 0.3 is 0 Å². The van der Waals surface area contributed by atoms with Crippen molar-refractivity contribution < 1.29 is 8.78 Å². The molecule has 1 aromatic heterocycles. The van der Waals surface area contributed by atoms with Crippen molar-refractivity contribution in [2.45, 2.75) is 37.6 Å². The van der Waals surface area contributed by atoms with E-state index in [1.807, 2.05) is 7.05 Å². The van der Waals surface area contributed by atoms with Crippen LogP contribution in [0.4, 0.5) is 8.78 Å². The molecule has 0 aromatic carbocycles. The molecule has 0 spiro atoms. The summed E-state index contributed by atoms with van der Waals surface area (Å²) in [7, 11) is 1.91. The van der Waals surface area contributed by atoms with Crippen molar-refractivity contribution in [3.8, 4) is 0 Å². The Bertz CT molecular complexity index is 380. The third kappa shape index (κ3) is 3.61. The fraction of sp³-hybridized carbons (Fsp3) is 0.667. The van der Waals surface area contributed by atoms with E-state index in [4.69, 9.17) is 0 Å². The summed E-state index contributed by atoms with van der Waals surface area (Å²) in [4.78, 5) is 0. The molecule has 1 aliphatic rings. The number of halogens is 3. The number of rotatable bonds is 4. The van der Waals surface area contributed by atoms with E-state index in [0.717, 1.165) is 6.42 Å². The third-order valence-electron chi connectivity index (χ3n) is 3.41. The molecular formula is C12H16F2INS. The minimum Gasteiger partial charge on any atom is -0.313 e. The summed E-state index contributed by atoms with van der Waals surface area (Å²) in [5.74, 6) is -2.27. The summed E-state index contributed by atoms with van der Waals surface area (Å²) < 4.78 is 27.5. The Morgan fingerprint density at radius 1 is 1.65 bits per heavy atom. The summed E-state index contributed by atoms with van der Waals surface area (Å²) in [5, 5.41) is 5.37. The van der Waals surface area contributed by atoms with Crippen LogP contribution in [0.3, 0.4) is 0 Å². The van der Waals surface area contributed by atoms with Gasteiger partial charge in [0.05, 0.1) is 2.88 Å². The summed E-state index contributed by atoms with van der Waals surface area (Å²) in [6.45, 7) is 0. The molecule has 1 saturated carbocycles. The van der Waals surface area contributed by atoms with Crippen LogP contribution in [-0.4, -0.2) is 13.0 Å². The molecule has 96 valence electrons. The molecule has 2 rings (SSSR count). The van der Waals surface area contributed by atoms with Crippen molar-refractivity contribution in [2.24, 2.45) is 5.92 Å². The van der Waals surface area contributed by atoms with Gasteiger partial charge in [-0.15, -0.1) is 11.3 Å². The first-order valence-electron chi connectivity index (χ1n) is 5.79. The molecule has 0 bridgehead atoms. The van der Waals surface area contributed by atoms with E-state index >= 15 is 0 Å². The van der Waals surface area contributed by atoms with Gasteiger partial charge in [-0.3, -0.25) is 0 Å². The van der Waals surface area contributed by atoms with Gasteiger partial charge in [-0.2, -0.15) is 0 Å². The normalized spacial score (nSPS) is 25.1. The Kier molecular flexibility index (Phi) is 4.41. The Morgan fingerprint density at radius 2 is 2.41 bits per heavy atom. The van der Waals surface area contributed by atoms with Crippen LogP contribution in [0.15, 0.2) is 11.4 Å². The molecule has 2 unspecified atom stereocenters. The first-order chi connectivity index (χ1) is 8.00. The number of thiophene rings is 1. The van der Waals surface area contributed by atoms with Crippen LogP contribution in [-0.2, 0) is 0 Å². The molecule has 1 N–H and O–H groups in total. The molecule has 0 aliphatic heterocycles. The fourth-order valence-electron chi connectivity index (χ4n) is 2.50. The van der Waals surface area contributed by atoms with E-state index in [0.29, 0.717) is 6.42 Å². The van der Waals surface area contributed by atoms with E-state index < -0.39 is 5.92 Å². The molecule has 1 fully saturated rings. The Morgan fingerprint density at radius 3 is 2.88 bits per heavy atom. The monoisotopic (exact) mass is 371 g/mol. The van der Waals surface area contributed by atoms with Crippen LogP contribution in [0.1, 0.15) is 37.3 Å². The van der Waals surface area contributed by atoms with Gasteiger partial charge in [0.15, 0.2) is 0 Å². The third-order valence-corrected chi connectivity index (χ3v) is 5.22. The predicted octanol–water partition coefficient (Wildman–Crippen LogP) is 4.44. The van der Waals surface area contributed by atoms with E-state index in [2.05, 4.69) is 39.4 Å². The van der Waals surface area contributed by atoms with Gasteiger partial charge < -0.3 is 5.32 Å². The zero-order chi connectivity index (χ0) is 12.5. The zero-order valence-electron chi connectivity index (χ0n) is 9.68. The smallest absolute Gasteiger partial charge is 0.248 e. The lowest BCUT2D eigenvalue weighted by atomic mass is 9.95. The summed E-state index contributed by atoms with van der Waals surface area (Å²) in [6.07, 6.45) is 1.60. The van der Waals surface area contributed by atoms with Crippen molar-refractivity contribution >= 4 is 33.9 Å². The van der Waals surface area contributed by atoms with Crippen molar-refractivity contribution in [3.05, 3.63) is 19.9 Å². The molecule has 1 heterocycles. The maximum absolute atomic E-state index is 13.1. The Hall–Kier alpha value is 0.250. The molecule has 0 amide bonds. The van der Waals surface area contributed by atoms with E-state index in [-0.39, 0.29) is 24.8 Å². The van der Waals surface area contributed by atoms with Crippen LogP contribution in [0, 0.1) is 8.80 Å². The average molecular weight is 371 g/mol. The zero-order valence-corrected chi connectivity index (χ0v) is 12.7. The largest absolute Gasteiger partial charge is 0.313 e. The van der Waals surface area contributed by atoms with Crippen LogP contribution in [0.25, 0.3) is 0 Å². The summed E-state index contributed by atoms with van der Waals surface area (Å²) in [6, 6.07) is 2.35. The highest BCUT2D eigenvalue weighted by Crippen LogP contribution is 2.42. The van der Waals surface area contributed by atoms with Gasteiger partial charge in [-0.05, 0) is 65.4 Å². The van der Waals surface area contributed by atoms with Crippen molar-refractivity contribution in [1.82, 2.24) is 5.32 Å². The topological polar surface area (TPSA) is 12.0 Å². The van der Waals surface area contributed by atoms with Crippen molar-refractivity contribution in [1.29, 1.82) is 0 Å². The molecule has 5 heteroatoms. The molecule has 17 heavy (non-hydrogen) atoms. The van der Waals surface area contributed by atoms with E-state index in [1.54, 1.807) is 11.3 Å². The molecule has 2 atom stereocenters. The predicted molar refractivity (Wildman–Crippen MR) is 75.7 cm³/mol. The lowest BCUT2D eigenvalue weighted by molar-refractivity contribution is 0.00433. The molecule has 1 nitrogen and oxygen atoms in total. The molecular weight excluding hydrogens is 355 g/mol. The van der Waals surface area contributed by atoms with Gasteiger partial charge in [0, 0.05) is 18.9 Å². The highest BCUT2D eigenvalue weighted by Gasteiger charge is 2.39. The highest BCUT2D eigenvalue weighted by molar-refractivity contribution is 14.1. The average Bonchev–Trinajstić information content (AvgIpc) is 2.81. The van der Waals surface area contributed by atoms with Crippen LogP contribution in [0.5, 0.6) is 0 Å². The van der Waals surface area contributed by atoms with Crippen LogP contribution < -0.4 is 5.32 Å². The second-order valence-corrected chi connectivity index (χ2v) is 7.53. The van der Waals surface area contributed by atoms with Gasteiger partial charge in [0.2, 0.25) is 5.92 Å². The van der Waals surface area contributed by atoms with Gasteiger partial charge in [0.25, 0.3) is 0 Å². The highest BCUT2D eigenvalue weighted by atomic mass is 127. The molecule has 1 aromatic rings. The molecule has 0 radical (unpaired) electrons. The van der Waals surface area contributed by atoms with Crippen molar-refractivity contribution in [3.63, 3.8) is 0 Å². The van der Waals surface area contributed by atoms with E-state index in [9.17, 15) is 8.78 Å². The summed E-state index contributed by atoms with van der Waals surface area (Å²) in [5.41, 5.74) is 1.23. The lowest BCUT2D eigenvalue weighted by Gasteiger charge is -2.19. The van der Waals surface area contributed by atoms with Crippen LogP contribution >= 0.6 is 33.9 Å². The second-order valence-electron chi connectivity index (χ2n) is 4.73. The minimum absolute atomic E-state index is 0.0619. The fourth-order valence-corrected chi connectivity index (χ4v) is 3.93. The minimum atomic E-state index is -2.42. The standard InChI is InChI=1S/C12H16F2INS/c1-16-10(9-5-11(15)17-7-9)4-8-2-3-12(13,14)6-8/h5,7-8,10,16H,2-4,6H2,1H3. The van der Waals surface area contributed by atoms with Crippen molar-refractivity contribution in [2.75, 3.05) is 7.05 Å². The lowest BCUT2D eigenvalue weighted by Crippen LogP contribution is -2.19. The number of hydrogen-bond donors (Lipinski definition) is 1. The quantitative estimate of drug-likeness (QED) is 0.772. The van der Waals surface area contributed by atoms with Gasteiger partial charge in [0.1, 0.15) is 0 Å². The first-order valence-corrected chi connectivity index (χ1v) is 7.75. The van der Waals surface area contributed by atoms with Gasteiger partial charge in [-0.1, -0.05) is 0 Å². The van der Waals surface area contributed by atoms with Crippen LogP contribution in [0.2, 0.25) is 0 Å². The Balaban J connectivity index is 1.97. The summed E-state index contributed by atoms with van der Waals surface area (Å²) >= 11 is 4.00. The number of hydrogen-bond acceptors (Lipinski definition) is 2. The molecule has 1 aliphatic carbocycles. The van der Waals surface area contributed by atoms with Gasteiger partial charge in [-0.25, -0.2) is 8.78 Å². The SMILES string of the molecule is CNC(CC1CCC(F)(F)C1)c1csc(I)c1. The second kappa shape index (κ2) is 5.48. The number of nitrogens with one attached hydrogen (secondary N) is 1. The maximum atomic E-state index is 13.1.